The summed E-state index contributed by atoms with van der Waals surface area (Å²) < 4.78 is 25.3. The molecule has 0 radical (unpaired) electrons. The Balaban J connectivity index is 1.44. The van der Waals surface area contributed by atoms with Crippen LogP contribution in [0.25, 0.3) is 0 Å². The van der Waals surface area contributed by atoms with E-state index in [9.17, 15) is 8.42 Å². The summed E-state index contributed by atoms with van der Waals surface area (Å²) in [6, 6.07) is 15.7. The van der Waals surface area contributed by atoms with Crippen LogP contribution in [0.2, 0.25) is 0 Å². The number of sulfone groups is 1. The third kappa shape index (κ3) is 5.48. The number of hydrogen-bond acceptors (Lipinski definition) is 5. The molecule has 32 heavy (non-hydrogen) atoms. The number of aryl methyl sites for hydroxylation is 1. The number of likely N-dealkylation sites (tertiary alicyclic amines) is 1. The summed E-state index contributed by atoms with van der Waals surface area (Å²) in [4.78, 5) is 6.43. The van der Waals surface area contributed by atoms with Gasteiger partial charge in [-0.25, -0.2) is 8.42 Å². The first-order valence-electron chi connectivity index (χ1n) is 11.3. The predicted molar refractivity (Wildman–Crippen MR) is 134 cm³/mol. The molecule has 2 aromatic carbocycles. The second-order valence-electron chi connectivity index (χ2n) is 8.64. The highest BCUT2D eigenvalue weighted by Gasteiger charge is 2.25. The van der Waals surface area contributed by atoms with Gasteiger partial charge in [-0.05, 0) is 62.2 Å². The summed E-state index contributed by atoms with van der Waals surface area (Å²) in [6.07, 6.45) is 9.35. The molecular weight excluding hydrogens is 436 g/mol. The Kier molecular flexibility index (Phi) is 7.44. The number of likely N-dealkylation sites (N-methyl/N-ethyl adjacent to an activating group) is 1. The fourth-order valence-corrected chi connectivity index (χ4v) is 7.37. The van der Waals surface area contributed by atoms with Crippen LogP contribution in [-0.2, 0) is 16.4 Å². The molecule has 1 atom stereocenters. The van der Waals surface area contributed by atoms with Crippen LogP contribution >= 0.6 is 11.8 Å². The monoisotopic (exact) mass is 468 g/mol. The zero-order chi connectivity index (χ0) is 22.6. The lowest BCUT2D eigenvalue weighted by atomic mass is 10.0. The largest absolute Gasteiger partial charge is 0.369 e. The Bertz CT molecular complexity index is 1090. The molecule has 1 unspecified atom stereocenters. The molecule has 6 heteroatoms. The van der Waals surface area contributed by atoms with E-state index in [0.29, 0.717) is 16.7 Å². The van der Waals surface area contributed by atoms with E-state index in [1.54, 1.807) is 36.0 Å². The van der Waals surface area contributed by atoms with E-state index >= 15 is 0 Å². The Hall–Kier alpha value is -2.02. The fraction of sp³-hybridized carbons (Fsp3) is 0.385. The summed E-state index contributed by atoms with van der Waals surface area (Å²) in [5.74, 6) is 0.683. The molecule has 0 bridgehead atoms. The molecule has 0 aromatic heterocycles. The van der Waals surface area contributed by atoms with Crippen LogP contribution in [0.15, 0.2) is 82.2 Å². The van der Waals surface area contributed by atoms with Crippen molar-refractivity contribution >= 4 is 21.6 Å². The lowest BCUT2D eigenvalue weighted by Gasteiger charge is -2.29. The molecule has 2 aromatic rings. The van der Waals surface area contributed by atoms with Crippen LogP contribution in [-0.4, -0.2) is 55.9 Å². The van der Waals surface area contributed by atoms with E-state index in [1.165, 1.54) is 41.0 Å². The van der Waals surface area contributed by atoms with E-state index in [1.807, 2.05) is 6.07 Å². The zero-order valence-electron chi connectivity index (χ0n) is 18.9. The second-order valence-corrected chi connectivity index (χ2v) is 11.9. The minimum absolute atomic E-state index is 0.139. The first kappa shape index (κ1) is 23.1. The van der Waals surface area contributed by atoms with Gasteiger partial charge < -0.3 is 4.90 Å². The highest BCUT2D eigenvalue weighted by Crippen LogP contribution is 2.30. The zero-order valence-corrected chi connectivity index (χ0v) is 20.5. The maximum absolute atomic E-state index is 12.7. The third-order valence-electron chi connectivity index (χ3n) is 6.25. The highest BCUT2D eigenvalue weighted by atomic mass is 32.2. The summed E-state index contributed by atoms with van der Waals surface area (Å²) in [5, 5.41) is 0. The molecule has 1 fully saturated rings. The van der Waals surface area contributed by atoms with Crippen molar-refractivity contribution in [3.63, 3.8) is 0 Å². The molecule has 0 amide bonds. The molecule has 2 aliphatic heterocycles. The van der Waals surface area contributed by atoms with Crippen molar-refractivity contribution in [3.05, 3.63) is 83.6 Å². The number of rotatable bonds is 8. The van der Waals surface area contributed by atoms with Gasteiger partial charge in [0.1, 0.15) is 0 Å². The van der Waals surface area contributed by atoms with Crippen molar-refractivity contribution < 1.29 is 8.42 Å². The standard InChI is InChI=1S/C26H32N2O2S2/c1-21-9-6-10-23(20-28-16-7-11-22(19-28)25-14-8-15-27(25)2)26(21)31-17-18-32(29,30)24-12-4-3-5-13-24/h3-7,9-13,19,25H,8,14-18,20H2,1-2H3. The molecular formula is C26H32N2O2S2. The van der Waals surface area contributed by atoms with Gasteiger partial charge in [-0.3, -0.25) is 4.90 Å². The quantitative estimate of drug-likeness (QED) is 0.515. The minimum Gasteiger partial charge on any atom is -0.369 e. The van der Waals surface area contributed by atoms with Gasteiger partial charge in [0, 0.05) is 36.0 Å². The lowest BCUT2D eigenvalue weighted by molar-refractivity contribution is 0.334. The van der Waals surface area contributed by atoms with Crippen molar-refractivity contribution in [2.24, 2.45) is 0 Å². The van der Waals surface area contributed by atoms with Gasteiger partial charge in [-0.2, -0.15) is 0 Å². The first-order chi connectivity index (χ1) is 15.4. The lowest BCUT2D eigenvalue weighted by Crippen LogP contribution is -2.30. The van der Waals surface area contributed by atoms with Crippen LogP contribution in [0, 0.1) is 6.92 Å². The van der Waals surface area contributed by atoms with Crippen molar-refractivity contribution in [1.82, 2.24) is 9.80 Å². The van der Waals surface area contributed by atoms with Crippen LogP contribution < -0.4 is 0 Å². The predicted octanol–water partition coefficient (Wildman–Crippen LogP) is 4.91. The van der Waals surface area contributed by atoms with E-state index < -0.39 is 9.84 Å². The fourth-order valence-electron chi connectivity index (χ4n) is 4.53. The second kappa shape index (κ2) is 10.3. The summed E-state index contributed by atoms with van der Waals surface area (Å²) in [7, 11) is -1.05. The average molecular weight is 469 g/mol. The number of hydrogen-bond donors (Lipinski definition) is 0. The Morgan fingerprint density at radius 2 is 1.91 bits per heavy atom. The molecule has 170 valence electrons. The average Bonchev–Trinajstić information content (AvgIpc) is 3.22. The van der Waals surface area contributed by atoms with Crippen LogP contribution in [0.4, 0.5) is 0 Å². The number of benzene rings is 2. The topological polar surface area (TPSA) is 40.6 Å². The normalized spacial score (nSPS) is 19.4. The van der Waals surface area contributed by atoms with Crippen molar-refractivity contribution in [1.29, 1.82) is 0 Å². The van der Waals surface area contributed by atoms with Crippen LogP contribution in [0.5, 0.6) is 0 Å². The molecule has 2 aliphatic rings. The van der Waals surface area contributed by atoms with Gasteiger partial charge in [0.25, 0.3) is 0 Å². The summed E-state index contributed by atoms with van der Waals surface area (Å²) >= 11 is 1.66. The Morgan fingerprint density at radius 1 is 1.09 bits per heavy atom. The van der Waals surface area contributed by atoms with E-state index in [-0.39, 0.29) is 5.75 Å². The van der Waals surface area contributed by atoms with Crippen molar-refractivity contribution in [2.45, 2.75) is 42.1 Å². The highest BCUT2D eigenvalue weighted by molar-refractivity contribution is 8.00. The maximum atomic E-state index is 12.7. The van der Waals surface area contributed by atoms with Crippen LogP contribution in [0.3, 0.4) is 0 Å². The third-order valence-corrected chi connectivity index (χ3v) is 9.53. The van der Waals surface area contributed by atoms with E-state index in [4.69, 9.17) is 0 Å². The van der Waals surface area contributed by atoms with Gasteiger partial charge in [0.15, 0.2) is 9.84 Å². The molecule has 1 saturated heterocycles. The van der Waals surface area contributed by atoms with Crippen LogP contribution in [0.1, 0.15) is 24.0 Å². The van der Waals surface area contributed by atoms with E-state index in [2.05, 4.69) is 60.3 Å². The number of nitrogens with zero attached hydrogens (tertiary/aromatic N) is 2. The first-order valence-corrected chi connectivity index (χ1v) is 13.9. The minimum atomic E-state index is -3.26. The molecule has 2 heterocycles. The smallest absolute Gasteiger partial charge is 0.179 e. The Labute approximate surface area is 196 Å². The molecule has 0 spiro atoms. The maximum Gasteiger partial charge on any atom is 0.179 e. The molecule has 0 N–H and O–H groups in total. The molecule has 0 aliphatic carbocycles. The van der Waals surface area contributed by atoms with Crippen molar-refractivity contribution in [2.75, 3.05) is 31.6 Å². The SMILES string of the molecule is Cc1cccc(CN2C=C(C3CCCN3C)C=CC2)c1SCCS(=O)(=O)c1ccccc1. The summed E-state index contributed by atoms with van der Waals surface area (Å²) in [6.45, 7) is 5.02. The van der Waals surface area contributed by atoms with Gasteiger partial charge in [0.2, 0.25) is 0 Å². The van der Waals surface area contributed by atoms with Gasteiger partial charge in [-0.1, -0.05) is 48.6 Å². The summed E-state index contributed by atoms with van der Waals surface area (Å²) in [5.41, 5.74) is 3.86. The van der Waals surface area contributed by atoms with Gasteiger partial charge in [0.05, 0.1) is 10.6 Å². The molecule has 4 rings (SSSR count). The molecule has 4 nitrogen and oxygen atoms in total. The van der Waals surface area contributed by atoms with Gasteiger partial charge in [-0.15, -0.1) is 11.8 Å². The van der Waals surface area contributed by atoms with Crippen molar-refractivity contribution in [3.8, 4) is 0 Å². The Morgan fingerprint density at radius 3 is 2.66 bits per heavy atom. The molecule has 0 saturated carbocycles. The van der Waals surface area contributed by atoms with Gasteiger partial charge >= 0.3 is 0 Å². The van der Waals surface area contributed by atoms with E-state index in [0.717, 1.165) is 13.1 Å². The number of thioether (sulfide) groups is 1.